The Bertz CT molecular complexity index is 2780. The Morgan fingerprint density at radius 1 is 0.478 bits per heavy atom. The van der Waals surface area contributed by atoms with Crippen molar-refractivity contribution in [3.8, 4) is 28.7 Å². The Morgan fingerprint density at radius 2 is 1.15 bits per heavy atom. The molecule has 6 aromatic carbocycles. The van der Waals surface area contributed by atoms with E-state index in [1.807, 2.05) is 18.3 Å². The Hall–Kier alpha value is -6.40. The molecule has 0 saturated carbocycles. The van der Waals surface area contributed by atoms with Gasteiger partial charge in [-0.1, -0.05) is 91.0 Å². The van der Waals surface area contributed by atoms with Crippen LogP contribution in [0.4, 0.5) is 0 Å². The van der Waals surface area contributed by atoms with Gasteiger partial charge in [-0.15, -0.1) is 0 Å². The molecule has 0 fully saturated rings. The predicted molar refractivity (Wildman–Crippen MR) is 185 cm³/mol. The van der Waals surface area contributed by atoms with Crippen LogP contribution < -0.4 is 0 Å². The predicted octanol–water partition coefficient (Wildman–Crippen LogP) is 9.90. The van der Waals surface area contributed by atoms with Crippen LogP contribution in [0.3, 0.4) is 0 Å². The van der Waals surface area contributed by atoms with E-state index in [9.17, 15) is 0 Å². The molecular formula is C40H23N5O. The minimum atomic E-state index is 0.559. The molecular weight excluding hydrogens is 566 g/mol. The third kappa shape index (κ3) is 3.64. The van der Waals surface area contributed by atoms with E-state index >= 15 is 0 Å². The van der Waals surface area contributed by atoms with Crippen molar-refractivity contribution in [1.29, 1.82) is 0 Å². The van der Waals surface area contributed by atoms with Crippen LogP contribution in [0.1, 0.15) is 0 Å². The average Bonchev–Trinajstić information content (AvgIpc) is 3.66. The minimum absolute atomic E-state index is 0.559. The maximum Gasteiger partial charge on any atom is 0.238 e. The van der Waals surface area contributed by atoms with Crippen molar-refractivity contribution in [2.45, 2.75) is 0 Å². The summed E-state index contributed by atoms with van der Waals surface area (Å²) < 4.78 is 8.38. The summed E-state index contributed by atoms with van der Waals surface area (Å²) in [5.41, 5.74) is 5.43. The zero-order valence-electron chi connectivity index (χ0n) is 24.4. The molecule has 4 aromatic heterocycles. The smallest absolute Gasteiger partial charge is 0.238 e. The Kier molecular flexibility index (Phi) is 5.19. The molecule has 46 heavy (non-hydrogen) atoms. The van der Waals surface area contributed by atoms with Crippen LogP contribution in [0.5, 0.6) is 0 Å². The molecule has 0 unspecified atom stereocenters. The standard InChI is InChI=1S/C40H23N5O/c1-2-10-26-24(9-1)21-32(28-12-4-3-11-27(26)28)39-42-38(25-17-18-31-33-23-41-20-19-36(33)46-37(31)22-25)43-40(44-39)45-34-15-7-5-13-29(34)30-14-6-8-16-35(30)45/h1-23H. The summed E-state index contributed by atoms with van der Waals surface area (Å²) in [6.07, 6.45) is 3.59. The monoisotopic (exact) mass is 589 g/mol. The fourth-order valence-corrected chi connectivity index (χ4v) is 6.85. The first kappa shape index (κ1) is 25.0. The highest BCUT2D eigenvalue weighted by atomic mass is 16.3. The van der Waals surface area contributed by atoms with Gasteiger partial charge in [-0.3, -0.25) is 9.55 Å². The second kappa shape index (κ2) is 9.55. The molecule has 214 valence electrons. The third-order valence-electron chi connectivity index (χ3n) is 8.94. The summed E-state index contributed by atoms with van der Waals surface area (Å²) in [6, 6.07) is 44.0. The maximum absolute atomic E-state index is 6.24. The lowest BCUT2D eigenvalue weighted by atomic mass is 9.97. The van der Waals surface area contributed by atoms with Gasteiger partial charge >= 0.3 is 0 Å². The summed E-state index contributed by atoms with van der Waals surface area (Å²) in [6.45, 7) is 0. The first-order chi connectivity index (χ1) is 22.8. The highest BCUT2D eigenvalue weighted by Crippen LogP contribution is 2.37. The summed E-state index contributed by atoms with van der Waals surface area (Å²) in [7, 11) is 0. The van der Waals surface area contributed by atoms with Gasteiger partial charge in [0, 0.05) is 45.1 Å². The molecule has 0 amide bonds. The number of benzene rings is 6. The van der Waals surface area contributed by atoms with Crippen molar-refractivity contribution in [3.05, 3.63) is 140 Å². The highest BCUT2D eigenvalue weighted by Gasteiger charge is 2.20. The SMILES string of the molecule is c1ccc2c(c1)cc(-c1nc(-c3ccc4c(c3)oc3ccncc34)nc(-n3c4ccccc4c4ccccc43)n1)c1ccccc12. The molecule has 4 heterocycles. The van der Waals surface area contributed by atoms with E-state index in [1.54, 1.807) is 6.20 Å². The van der Waals surface area contributed by atoms with E-state index < -0.39 is 0 Å². The van der Waals surface area contributed by atoms with Crippen molar-refractivity contribution in [3.63, 3.8) is 0 Å². The van der Waals surface area contributed by atoms with Crippen molar-refractivity contribution in [1.82, 2.24) is 24.5 Å². The van der Waals surface area contributed by atoms with Gasteiger partial charge in [0.2, 0.25) is 5.95 Å². The first-order valence-electron chi connectivity index (χ1n) is 15.2. The summed E-state index contributed by atoms with van der Waals surface area (Å²) >= 11 is 0. The van der Waals surface area contributed by atoms with Crippen LogP contribution in [-0.2, 0) is 0 Å². The van der Waals surface area contributed by atoms with E-state index in [2.05, 4.69) is 125 Å². The van der Waals surface area contributed by atoms with Crippen LogP contribution in [-0.4, -0.2) is 24.5 Å². The highest BCUT2D eigenvalue weighted by molar-refractivity contribution is 6.13. The normalized spacial score (nSPS) is 11.9. The average molecular weight is 590 g/mol. The number of rotatable bonds is 3. The van der Waals surface area contributed by atoms with Gasteiger partial charge in [0.1, 0.15) is 11.2 Å². The third-order valence-corrected chi connectivity index (χ3v) is 8.94. The van der Waals surface area contributed by atoms with Crippen LogP contribution in [0.2, 0.25) is 0 Å². The van der Waals surface area contributed by atoms with E-state index in [0.29, 0.717) is 17.6 Å². The van der Waals surface area contributed by atoms with Gasteiger partial charge in [0.05, 0.1) is 11.0 Å². The molecule has 0 aliphatic heterocycles. The van der Waals surface area contributed by atoms with Crippen LogP contribution in [0, 0.1) is 0 Å². The molecule has 0 saturated heterocycles. The van der Waals surface area contributed by atoms with Crippen LogP contribution in [0.15, 0.2) is 144 Å². The fraction of sp³-hybridized carbons (Fsp3) is 0. The second-order valence-electron chi connectivity index (χ2n) is 11.5. The van der Waals surface area contributed by atoms with E-state index in [0.717, 1.165) is 71.0 Å². The van der Waals surface area contributed by atoms with Crippen molar-refractivity contribution >= 4 is 65.3 Å². The molecule has 0 spiro atoms. The largest absolute Gasteiger partial charge is 0.456 e. The molecule has 0 bridgehead atoms. The number of aromatic nitrogens is 5. The fourth-order valence-electron chi connectivity index (χ4n) is 6.85. The van der Waals surface area contributed by atoms with Crippen LogP contribution in [0.25, 0.3) is 94.0 Å². The lowest BCUT2D eigenvalue weighted by molar-refractivity contribution is 0.668. The van der Waals surface area contributed by atoms with Gasteiger partial charge in [0.25, 0.3) is 0 Å². The lowest BCUT2D eigenvalue weighted by Crippen LogP contribution is -2.06. The molecule has 0 aliphatic carbocycles. The second-order valence-corrected chi connectivity index (χ2v) is 11.5. The number of para-hydroxylation sites is 2. The quantitative estimate of drug-likeness (QED) is 0.192. The zero-order chi connectivity index (χ0) is 30.2. The van der Waals surface area contributed by atoms with Gasteiger partial charge < -0.3 is 4.42 Å². The number of hydrogen-bond acceptors (Lipinski definition) is 5. The minimum Gasteiger partial charge on any atom is -0.456 e. The maximum atomic E-state index is 6.24. The van der Waals surface area contributed by atoms with Gasteiger partial charge in [-0.25, -0.2) is 4.98 Å². The number of furan rings is 1. The van der Waals surface area contributed by atoms with Gasteiger partial charge in [-0.05, 0) is 57.9 Å². The molecule has 0 atom stereocenters. The summed E-state index contributed by atoms with van der Waals surface area (Å²) in [5.74, 6) is 1.74. The van der Waals surface area contributed by atoms with Crippen LogP contribution >= 0.6 is 0 Å². The first-order valence-corrected chi connectivity index (χ1v) is 15.2. The number of pyridine rings is 1. The van der Waals surface area contributed by atoms with Gasteiger partial charge in [0.15, 0.2) is 11.6 Å². The summed E-state index contributed by atoms with van der Waals surface area (Å²) in [5, 5.41) is 8.86. The molecule has 6 nitrogen and oxygen atoms in total. The zero-order valence-corrected chi connectivity index (χ0v) is 24.4. The topological polar surface area (TPSA) is 69.6 Å². The molecule has 0 aliphatic rings. The van der Waals surface area contributed by atoms with Crippen molar-refractivity contribution in [2.75, 3.05) is 0 Å². The van der Waals surface area contributed by atoms with E-state index in [1.165, 1.54) is 5.39 Å². The molecule has 10 rings (SSSR count). The molecule has 10 aromatic rings. The van der Waals surface area contributed by atoms with Gasteiger partial charge in [-0.2, -0.15) is 9.97 Å². The number of hydrogen-bond donors (Lipinski definition) is 0. The summed E-state index contributed by atoms with van der Waals surface area (Å²) in [4.78, 5) is 19.9. The Balaban J connectivity index is 1.30. The van der Waals surface area contributed by atoms with Crippen molar-refractivity contribution < 1.29 is 4.42 Å². The molecule has 0 radical (unpaired) electrons. The Labute approximate surface area is 262 Å². The number of fused-ring (bicyclic) bond motifs is 9. The van der Waals surface area contributed by atoms with E-state index in [4.69, 9.17) is 19.4 Å². The lowest BCUT2D eigenvalue weighted by Gasteiger charge is -2.13. The molecule has 0 N–H and O–H groups in total. The van der Waals surface area contributed by atoms with Crippen molar-refractivity contribution in [2.24, 2.45) is 0 Å². The number of nitrogens with zero attached hydrogens (tertiary/aromatic N) is 5. The molecule has 6 heteroatoms. The van der Waals surface area contributed by atoms with E-state index in [-0.39, 0.29) is 0 Å². The Morgan fingerprint density at radius 3 is 1.96 bits per heavy atom.